The van der Waals surface area contributed by atoms with Gasteiger partial charge in [0.2, 0.25) is 5.88 Å². The molecule has 0 aromatic carbocycles. The van der Waals surface area contributed by atoms with E-state index in [9.17, 15) is 0 Å². The molecule has 0 amide bonds. The molecular formula is C12H17BrClNO3. The Balaban J connectivity index is 2.22. The van der Waals surface area contributed by atoms with Crippen molar-refractivity contribution in [2.24, 2.45) is 0 Å². The Morgan fingerprint density at radius 2 is 2.11 bits per heavy atom. The smallest absolute Gasteiger partial charge is 0.217 e. The molecule has 0 atom stereocenters. The minimum atomic E-state index is 0.381. The molecule has 102 valence electrons. The first-order valence-electron chi connectivity index (χ1n) is 5.67. The summed E-state index contributed by atoms with van der Waals surface area (Å²) in [6, 6.07) is 1.91. The van der Waals surface area contributed by atoms with E-state index >= 15 is 0 Å². The number of rotatable bonds is 9. The molecule has 0 radical (unpaired) electrons. The zero-order valence-corrected chi connectivity index (χ0v) is 12.7. The highest BCUT2D eigenvalue weighted by molar-refractivity contribution is 9.10. The number of aromatic nitrogens is 1. The van der Waals surface area contributed by atoms with E-state index in [0.717, 1.165) is 16.5 Å². The summed E-state index contributed by atoms with van der Waals surface area (Å²) in [6.45, 7) is 2.44. The van der Waals surface area contributed by atoms with Crippen LogP contribution in [0.2, 0.25) is 0 Å². The van der Waals surface area contributed by atoms with Crippen molar-refractivity contribution in [1.82, 2.24) is 4.98 Å². The molecule has 0 aliphatic carbocycles. The maximum absolute atomic E-state index is 5.82. The number of hydrogen-bond acceptors (Lipinski definition) is 4. The van der Waals surface area contributed by atoms with Gasteiger partial charge in [0.15, 0.2) is 0 Å². The standard InChI is InChI=1S/C12H17BrClNO3/c1-16-5-6-17-3-2-4-18-12-10(8-14)7-11(13)9-15-12/h7,9H,2-6,8H2,1H3. The molecule has 0 N–H and O–H groups in total. The fourth-order valence-corrected chi connectivity index (χ4v) is 1.84. The lowest BCUT2D eigenvalue weighted by atomic mass is 10.3. The van der Waals surface area contributed by atoms with Crippen molar-refractivity contribution in [3.8, 4) is 5.88 Å². The first-order chi connectivity index (χ1) is 8.77. The maximum Gasteiger partial charge on any atom is 0.217 e. The summed E-state index contributed by atoms with van der Waals surface area (Å²) in [6.07, 6.45) is 2.50. The van der Waals surface area contributed by atoms with E-state index in [2.05, 4.69) is 20.9 Å². The van der Waals surface area contributed by atoms with Crippen molar-refractivity contribution < 1.29 is 14.2 Å². The molecule has 0 bridgehead atoms. The second kappa shape index (κ2) is 9.55. The van der Waals surface area contributed by atoms with Crippen LogP contribution in [0.1, 0.15) is 12.0 Å². The van der Waals surface area contributed by atoms with Crippen LogP contribution in [0.3, 0.4) is 0 Å². The third-order valence-corrected chi connectivity index (χ3v) is 2.86. The zero-order chi connectivity index (χ0) is 13.2. The van der Waals surface area contributed by atoms with Gasteiger partial charge in [-0.25, -0.2) is 4.98 Å². The highest BCUT2D eigenvalue weighted by Gasteiger charge is 2.05. The minimum absolute atomic E-state index is 0.381. The largest absolute Gasteiger partial charge is 0.477 e. The molecule has 0 unspecified atom stereocenters. The van der Waals surface area contributed by atoms with Crippen molar-refractivity contribution in [1.29, 1.82) is 0 Å². The molecule has 0 saturated carbocycles. The number of hydrogen-bond donors (Lipinski definition) is 0. The Hall–Kier alpha value is -0.360. The van der Waals surface area contributed by atoms with Crippen LogP contribution in [0.25, 0.3) is 0 Å². The number of pyridine rings is 1. The Bertz CT molecular complexity index is 352. The Labute approximate surface area is 121 Å². The van der Waals surface area contributed by atoms with Crippen molar-refractivity contribution in [2.45, 2.75) is 12.3 Å². The lowest BCUT2D eigenvalue weighted by molar-refractivity contribution is 0.0641. The van der Waals surface area contributed by atoms with Crippen molar-refractivity contribution >= 4 is 27.5 Å². The van der Waals surface area contributed by atoms with Crippen LogP contribution in [0, 0.1) is 0 Å². The lowest BCUT2D eigenvalue weighted by Gasteiger charge is -2.09. The molecule has 1 rings (SSSR count). The van der Waals surface area contributed by atoms with Gasteiger partial charge in [0.1, 0.15) is 0 Å². The van der Waals surface area contributed by atoms with Crippen molar-refractivity contribution in [3.05, 3.63) is 22.3 Å². The molecule has 0 spiro atoms. The van der Waals surface area contributed by atoms with Crippen LogP contribution in [-0.4, -0.2) is 38.5 Å². The average molecular weight is 339 g/mol. The highest BCUT2D eigenvalue weighted by atomic mass is 79.9. The van der Waals surface area contributed by atoms with E-state index in [-0.39, 0.29) is 0 Å². The Morgan fingerprint density at radius 3 is 2.83 bits per heavy atom. The van der Waals surface area contributed by atoms with E-state index in [0.29, 0.717) is 38.2 Å². The molecule has 4 nitrogen and oxygen atoms in total. The van der Waals surface area contributed by atoms with Crippen molar-refractivity contribution in [3.63, 3.8) is 0 Å². The summed E-state index contributed by atoms with van der Waals surface area (Å²) in [4.78, 5) is 4.18. The summed E-state index contributed by atoms with van der Waals surface area (Å²) < 4.78 is 16.7. The molecule has 18 heavy (non-hydrogen) atoms. The normalized spacial score (nSPS) is 10.6. The molecule has 0 fully saturated rings. The SMILES string of the molecule is COCCOCCCOc1ncc(Br)cc1CCl. The van der Waals surface area contributed by atoms with Gasteiger partial charge in [-0.2, -0.15) is 0 Å². The van der Waals surface area contributed by atoms with Gasteiger partial charge in [0, 0.05) is 36.4 Å². The van der Waals surface area contributed by atoms with Gasteiger partial charge >= 0.3 is 0 Å². The zero-order valence-electron chi connectivity index (χ0n) is 10.3. The van der Waals surface area contributed by atoms with Crippen LogP contribution in [0.4, 0.5) is 0 Å². The van der Waals surface area contributed by atoms with Crippen LogP contribution in [0.5, 0.6) is 5.88 Å². The van der Waals surface area contributed by atoms with Gasteiger partial charge in [-0.05, 0) is 22.0 Å². The van der Waals surface area contributed by atoms with Gasteiger partial charge in [0.25, 0.3) is 0 Å². The van der Waals surface area contributed by atoms with E-state index < -0.39 is 0 Å². The fraction of sp³-hybridized carbons (Fsp3) is 0.583. The van der Waals surface area contributed by atoms with Gasteiger partial charge in [-0.15, -0.1) is 11.6 Å². The van der Waals surface area contributed by atoms with Crippen LogP contribution in [0.15, 0.2) is 16.7 Å². The van der Waals surface area contributed by atoms with E-state index in [4.69, 9.17) is 25.8 Å². The number of methoxy groups -OCH3 is 1. The van der Waals surface area contributed by atoms with E-state index in [1.54, 1.807) is 13.3 Å². The van der Waals surface area contributed by atoms with Crippen molar-refractivity contribution in [2.75, 3.05) is 33.5 Å². The molecule has 1 heterocycles. The minimum Gasteiger partial charge on any atom is -0.477 e. The third kappa shape index (κ3) is 6.00. The maximum atomic E-state index is 5.82. The number of ether oxygens (including phenoxy) is 3. The monoisotopic (exact) mass is 337 g/mol. The number of alkyl halides is 1. The summed E-state index contributed by atoms with van der Waals surface area (Å²) >= 11 is 9.17. The lowest BCUT2D eigenvalue weighted by Crippen LogP contribution is -2.08. The molecular weight excluding hydrogens is 321 g/mol. The van der Waals surface area contributed by atoms with E-state index in [1.165, 1.54) is 0 Å². The van der Waals surface area contributed by atoms with Gasteiger partial charge in [-0.3, -0.25) is 0 Å². The molecule has 0 aliphatic rings. The van der Waals surface area contributed by atoms with Gasteiger partial charge < -0.3 is 14.2 Å². The summed E-state index contributed by atoms with van der Waals surface area (Å²) in [5, 5.41) is 0. The number of halogens is 2. The summed E-state index contributed by atoms with van der Waals surface area (Å²) in [5.74, 6) is 0.969. The fourth-order valence-electron chi connectivity index (χ4n) is 1.27. The van der Waals surface area contributed by atoms with Crippen LogP contribution >= 0.6 is 27.5 Å². The van der Waals surface area contributed by atoms with E-state index in [1.807, 2.05) is 6.07 Å². The first-order valence-corrected chi connectivity index (χ1v) is 7.00. The second-order valence-corrected chi connectivity index (χ2v) is 4.74. The Morgan fingerprint density at radius 1 is 1.28 bits per heavy atom. The summed E-state index contributed by atoms with van der Waals surface area (Å²) in [5.41, 5.74) is 0.881. The molecule has 1 aromatic heterocycles. The summed E-state index contributed by atoms with van der Waals surface area (Å²) in [7, 11) is 1.65. The Kier molecular flexibility index (Phi) is 8.33. The highest BCUT2D eigenvalue weighted by Crippen LogP contribution is 2.21. The third-order valence-electron chi connectivity index (χ3n) is 2.14. The predicted molar refractivity (Wildman–Crippen MR) is 74.3 cm³/mol. The second-order valence-electron chi connectivity index (χ2n) is 3.56. The topological polar surface area (TPSA) is 40.6 Å². The predicted octanol–water partition coefficient (Wildman–Crippen LogP) is 3.01. The van der Waals surface area contributed by atoms with Crippen LogP contribution in [-0.2, 0) is 15.4 Å². The quantitative estimate of drug-likeness (QED) is 0.512. The molecule has 0 saturated heterocycles. The number of nitrogens with zero attached hydrogens (tertiary/aromatic N) is 1. The molecule has 6 heteroatoms. The average Bonchev–Trinajstić information content (AvgIpc) is 2.39. The van der Waals surface area contributed by atoms with Crippen LogP contribution < -0.4 is 4.74 Å². The van der Waals surface area contributed by atoms with Gasteiger partial charge in [-0.1, -0.05) is 0 Å². The molecule has 1 aromatic rings. The van der Waals surface area contributed by atoms with Gasteiger partial charge in [0.05, 0.1) is 25.7 Å². The first kappa shape index (κ1) is 15.7. The molecule has 0 aliphatic heterocycles.